The van der Waals surface area contributed by atoms with Gasteiger partial charge in [0.1, 0.15) is 0 Å². The first-order valence-electron chi connectivity index (χ1n) is 6.47. The molecule has 0 amide bonds. The number of halogens is 1. The maximum Gasteiger partial charge on any atom is 0.0587 e. The summed E-state index contributed by atoms with van der Waals surface area (Å²) >= 11 is 5.74. The van der Waals surface area contributed by atoms with Crippen LogP contribution in [-0.2, 0) is 4.74 Å². The molecule has 17 heavy (non-hydrogen) atoms. The molecule has 1 rings (SSSR count). The SMILES string of the molecule is COCCNCC1CCCCN1CC(C)=CCl. The molecule has 0 spiro atoms. The van der Waals surface area contributed by atoms with Gasteiger partial charge in [0.15, 0.2) is 0 Å². The van der Waals surface area contributed by atoms with E-state index in [-0.39, 0.29) is 0 Å². The van der Waals surface area contributed by atoms with Crippen LogP contribution < -0.4 is 5.32 Å². The van der Waals surface area contributed by atoms with Gasteiger partial charge in [-0.3, -0.25) is 4.90 Å². The summed E-state index contributed by atoms with van der Waals surface area (Å²) in [7, 11) is 1.74. The zero-order chi connectivity index (χ0) is 12.5. The minimum atomic E-state index is 0.646. The number of likely N-dealkylation sites (tertiary alicyclic amines) is 1. The van der Waals surface area contributed by atoms with Crippen molar-refractivity contribution in [1.29, 1.82) is 0 Å². The van der Waals surface area contributed by atoms with Gasteiger partial charge in [-0.05, 0) is 31.9 Å². The molecule has 1 aliphatic heterocycles. The minimum Gasteiger partial charge on any atom is -0.383 e. The van der Waals surface area contributed by atoms with E-state index in [0.29, 0.717) is 6.04 Å². The molecule has 1 aliphatic rings. The smallest absolute Gasteiger partial charge is 0.0587 e. The van der Waals surface area contributed by atoms with Crippen LogP contribution in [0.15, 0.2) is 11.1 Å². The third-order valence-corrected chi connectivity index (χ3v) is 3.62. The first-order valence-corrected chi connectivity index (χ1v) is 6.91. The molecule has 0 saturated carbocycles. The monoisotopic (exact) mass is 260 g/mol. The number of hydrogen-bond acceptors (Lipinski definition) is 3. The Morgan fingerprint density at radius 1 is 1.53 bits per heavy atom. The van der Waals surface area contributed by atoms with Crippen molar-refractivity contribution in [1.82, 2.24) is 10.2 Å². The molecular weight excluding hydrogens is 236 g/mol. The first-order chi connectivity index (χ1) is 8.27. The fraction of sp³-hybridized carbons (Fsp3) is 0.846. The van der Waals surface area contributed by atoms with Gasteiger partial charge in [0.2, 0.25) is 0 Å². The van der Waals surface area contributed by atoms with Crippen molar-refractivity contribution in [2.24, 2.45) is 0 Å². The number of hydrogen-bond donors (Lipinski definition) is 1. The number of nitrogens with zero attached hydrogens (tertiary/aromatic N) is 1. The maximum atomic E-state index is 5.74. The van der Waals surface area contributed by atoms with Crippen molar-refractivity contribution < 1.29 is 4.74 Å². The summed E-state index contributed by atoms with van der Waals surface area (Å²) in [5, 5.41) is 3.46. The van der Waals surface area contributed by atoms with Crippen molar-refractivity contribution in [2.45, 2.75) is 32.2 Å². The van der Waals surface area contributed by atoms with Gasteiger partial charge < -0.3 is 10.1 Å². The van der Waals surface area contributed by atoms with E-state index in [1.807, 2.05) is 0 Å². The van der Waals surface area contributed by atoms with Crippen molar-refractivity contribution in [2.75, 3.05) is 39.9 Å². The zero-order valence-electron chi connectivity index (χ0n) is 11.0. The summed E-state index contributed by atoms with van der Waals surface area (Å²) in [5.74, 6) is 0. The zero-order valence-corrected chi connectivity index (χ0v) is 11.8. The maximum absolute atomic E-state index is 5.74. The van der Waals surface area contributed by atoms with Crippen molar-refractivity contribution in [3.8, 4) is 0 Å². The van der Waals surface area contributed by atoms with Gasteiger partial charge in [-0.2, -0.15) is 0 Å². The summed E-state index contributed by atoms with van der Waals surface area (Å²) in [5.41, 5.74) is 2.94. The highest BCUT2D eigenvalue weighted by molar-refractivity contribution is 6.25. The highest BCUT2D eigenvalue weighted by Gasteiger charge is 2.21. The Bertz CT molecular complexity index is 233. The number of piperidine rings is 1. The Hall–Kier alpha value is -0.0900. The second-order valence-electron chi connectivity index (χ2n) is 4.77. The number of methoxy groups -OCH3 is 1. The molecular formula is C13H25ClN2O. The van der Waals surface area contributed by atoms with E-state index in [0.717, 1.165) is 26.2 Å². The lowest BCUT2D eigenvalue weighted by Crippen LogP contribution is -2.46. The minimum absolute atomic E-state index is 0.646. The number of nitrogens with one attached hydrogen (secondary N) is 1. The van der Waals surface area contributed by atoms with Crippen molar-refractivity contribution in [3.05, 3.63) is 11.1 Å². The van der Waals surface area contributed by atoms with Gasteiger partial charge >= 0.3 is 0 Å². The summed E-state index contributed by atoms with van der Waals surface area (Å²) in [4.78, 5) is 2.54. The largest absolute Gasteiger partial charge is 0.383 e. The second-order valence-corrected chi connectivity index (χ2v) is 4.99. The fourth-order valence-corrected chi connectivity index (χ4v) is 2.37. The van der Waals surface area contributed by atoms with Gasteiger partial charge in [0, 0.05) is 38.3 Å². The average molecular weight is 261 g/mol. The van der Waals surface area contributed by atoms with Crippen LogP contribution in [-0.4, -0.2) is 50.8 Å². The fourth-order valence-electron chi connectivity index (χ4n) is 2.30. The quantitative estimate of drug-likeness (QED) is 0.711. The molecule has 4 heteroatoms. The van der Waals surface area contributed by atoms with Crippen LogP contribution in [0.1, 0.15) is 26.2 Å². The molecule has 1 atom stereocenters. The van der Waals surface area contributed by atoms with E-state index < -0.39 is 0 Å². The van der Waals surface area contributed by atoms with Gasteiger partial charge in [0.25, 0.3) is 0 Å². The van der Waals surface area contributed by atoms with Gasteiger partial charge in [-0.25, -0.2) is 0 Å². The molecule has 100 valence electrons. The van der Waals surface area contributed by atoms with Crippen LogP contribution in [0.2, 0.25) is 0 Å². The molecule has 0 radical (unpaired) electrons. The molecule has 1 fully saturated rings. The lowest BCUT2D eigenvalue weighted by Gasteiger charge is -2.36. The van der Waals surface area contributed by atoms with E-state index in [1.54, 1.807) is 12.6 Å². The van der Waals surface area contributed by atoms with E-state index in [2.05, 4.69) is 17.1 Å². The Morgan fingerprint density at radius 2 is 2.35 bits per heavy atom. The third kappa shape index (κ3) is 5.87. The van der Waals surface area contributed by atoms with Crippen LogP contribution >= 0.6 is 11.6 Å². The molecule has 1 unspecified atom stereocenters. The predicted molar refractivity (Wildman–Crippen MR) is 73.6 cm³/mol. The number of ether oxygens (including phenoxy) is 1. The van der Waals surface area contributed by atoms with Crippen LogP contribution in [0.25, 0.3) is 0 Å². The average Bonchev–Trinajstić information content (AvgIpc) is 2.36. The molecule has 0 aromatic rings. The molecule has 0 aromatic heterocycles. The Morgan fingerprint density at radius 3 is 3.06 bits per heavy atom. The van der Waals surface area contributed by atoms with Crippen LogP contribution in [0.4, 0.5) is 0 Å². The lowest BCUT2D eigenvalue weighted by molar-refractivity contribution is 0.151. The Balaban J connectivity index is 2.32. The Labute approximate surface area is 110 Å². The van der Waals surface area contributed by atoms with Crippen LogP contribution in [0.5, 0.6) is 0 Å². The normalized spacial score (nSPS) is 23.0. The molecule has 0 bridgehead atoms. The van der Waals surface area contributed by atoms with Crippen LogP contribution in [0.3, 0.4) is 0 Å². The highest BCUT2D eigenvalue weighted by Crippen LogP contribution is 2.17. The standard InChI is InChI=1S/C13H25ClN2O/c1-12(9-14)11-16-7-4-3-5-13(16)10-15-6-8-17-2/h9,13,15H,3-8,10-11H2,1-2H3. The van der Waals surface area contributed by atoms with E-state index in [9.17, 15) is 0 Å². The first kappa shape index (κ1) is 15.0. The second kappa shape index (κ2) is 8.92. The molecule has 0 aliphatic carbocycles. The molecule has 1 saturated heterocycles. The number of rotatable bonds is 7. The van der Waals surface area contributed by atoms with Gasteiger partial charge in [0.05, 0.1) is 6.61 Å². The third-order valence-electron chi connectivity index (χ3n) is 3.25. The highest BCUT2D eigenvalue weighted by atomic mass is 35.5. The van der Waals surface area contributed by atoms with Crippen molar-refractivity contribution in [3.63, 3.8) is 0 Å². The summed E-state index contributed by atoms with van der Waals surface area (Å²) in [6.07, 6.45) is 3.94. The molecule has 3 nitrogen and oxygen atoms in total. The molecule has 1 heterocycles. The molecule has 0 aromatic carbocycles. The summed E-state index contributed by atoms with van der Waals surface area (Å²) < 4.78 is 5.04. The summed E-state index contributed by atoms with van der Waals surface area (Å²) in [6.45, 7) is 7.06. The topological polar surface area (TPSA) is 24.5 Å². The molecule has 1 N–H and O–H groups in total. The predicted octanol–water partition coefficient (Wildman–Crippen LogP) is 2.22. The van der Waals surface area contributed by atoms with Gasteiger partial charge in [-0.1, -0.05) is 18.0 Å². The van der Waals surface area contributed by atoms with E-state index >= 15 is 0 Å². The summed E-state index contributed by atoms with van der Waals surface area (Å²) in [6, 6.07) is 0.646. The van der Waals surface area contributed by atoms with Crippen LogP contribution in [0, 0.1) is 0 Å². The van der Waals surface area contributed by atoms with E-state index in [4.69, 9.17) is 16.3 Å². The van der Waals surface area contributed by atoms with Gasteiger partial charge in [-0.15, -0.1) is 0 Å². The van der Waals surface area contributed by atoms with E-state index in [1.165, 1.54) is 31.4 Å². The Kier molecular flexibility index (Phi) is 7.86. The lowest BCUT2D eigenvalue weighted by atomic mass is 10.0. The van der Waals surface area contributed by atoms with Crippen molar-refractivity contribution >= 4 is 11.6 Å².